The molecule has 0 atom stereocenters. The highest BCUT2D eigenvalue weighted by atomic mass is 79.9. The van der Waals surface area contributed by atoms with Crippen molar-refractivity contribution >= 4 is 33.2 Å². The predicted octanol–water partition coefficient (Wildman–Crippen LogP) is 3.94. The Morgan fingerprint density at radius 2 is 2.10 bits per heavy atom. The molecule has 5 heteroatoms. The molecule has 0 aliphatic heterocycles. The summed E-state index contributed by atoms with van der Waals surface area (Å²) in [6.07, 6.45) is 0.948. The quantitative estimate of drug-likeness (QED) is 0.778. The van der Waals surface area contributed by atoms with Crippen molar-refractivity contribution in [3.63, 3.8) is 0 Å². The van der Waals surface area contributed by atoms with Gasteiger partial charge in [-0.1, -0.05) is 19.1 Å². The lowest BCUT2D eigenvalue weighted by atomic mass is 10.1. The molecule has 1 heterocycles. The standard InChI is InChI=1S/C16H19BrN2OS/c1-2-8-19-16(20)13-5-3-4-12(9-13)10-18-11-14-6-7-15(17)21-14/h3-7,9,18H,2,8,10-11H2,1H3,(H,19,20). The van der Waals surface area contributed by atoms with Crippen LogP contribution in [0.5, 0.6) is 0 Å². The average Bonchev–Trinajstić information content (AvgIpc) is 2.90. The third-order valence-corrected chi connectivity index (χ3v) is 4.61. The second-order valence-electron chi connectivity index (χ2n) is 4.77. The topological polar surface area (TPSA) is 41.1 Å². The normalized spacial score (nSPS) is 10.6. The maximum absolute atomic E-state index is 11.9. The number of hydrogen-bond acceptors (Lipinski definition) is 3. The van der Waals surface area contributed by atoms with Gasteiger partial charge >= 0.3 is 0 Å². The number of thiophene rings is 1. The minimum absolute atomic E-state index is 0.000822. The smallest absolute Gasteiger partial charge is 0.251 e. The molecule has 3 nitrogen and oxygen atoms in total. The van der Waals surface area contributed by atoms with E-state index in [-0.39, 0.29) is 5.91 Å². The molecule has 1 aromatic heterocycles. The second-order valence-corrected chi connectivity index (χ2v) is 7.31. The molecule has 2 rings (SSSR count). The molecule has 0 aliphatic rings. The fourth-order valence-electron chi connectivity index (χ4n) is 1.94. The van der Waals surface area contributed by atoms with Gasteiger partial charge in [-0.25, -0.2) is 0 Å². The number of rotatable bonds is 7. The Balaban J connectivity index is 1.87. The van der Waals surface area contributed by atoms with E-state index in [1.54, 1.807) is 11.3 Å². The monoisotopic (exact) mass is 366 g/mol. The number of amides is 1. The number of halogens is 1. The highest BCUT2D eigenvalue weighted by Crippen LogP contribution is 2.21. The van der Waals surface area contributed by atoms with Gasteiger partial charge in [0, 0.05) is 30.1 Å². The van der Waals surface area contributed by atoms with Crippen LogP contribution in [0.15, 0.2) is 40.2 Å². The van der Waals surface area contributed by atoms with Gasteiger partial charge in [0.15, 0.2) is 0 Å². The number of benzene rings is 1. The maximum Gasteiger partial charge on any atom is 0.251 e. The molecule has 0 bridgehead atoms. The van der Waals surface area contributed by atoms with Crippen LogP contribution in [0, 0.1) is 0 Å². The largest absolute Gasteiger partial charge is 0.352 e. The Morgan fingerprint density at radius 1 is 1.24 bits per heavy atom. The summed E-state index contributed by atoms with van der Waals surface area (Å²) in [5.74, 6) is 0.000822. The molecule has 0 saturated carbocycles. The first-order valence-corrected chi connectivity index (χ1v) is 8.62. The summed E-state index contributed by atoms with van der Waals surface area (Å²) < 4.78 is 1.15. The van der Waals surface area contributed by atoms with E-state index < -0.39 is 0 Å². The third kappa shape index (κ3) is 5.26. The summed E-state index contributed by atoms with van der Waals surface area (Å²) in [6, 6.07) is 11.9. The number of carbonyl (C=O) groups is 1. The molecule has 0 radical (unpaired) electrons. The van der Waals surface area contributed by atoms with E-state index in [0.29, 0.717) is 6.54 Å². The fourth-order valence-corrected chi connectivity index (χ4v) is 3.39. The summed E-state index contributed by atoms with van der Waals surface area (Å²) in [5, 5.41) is 6.30. The first-order chi connectivity index (χ1) is 10.2. The molecule has 2 N–H and O–H groups in total. The van der Waals surface area contributed by atoms with Crippen molar-refractivity contribution in [2.45, 2.75) is 26.4 Å². The minimum atomic E-state index is 0.000822. The molecule has 112 valence electrons. The molecule has 2 aromatic rings. The van der Waals surface area contributed by atoms with Crippen LogP contribution in [-0.2, 0) is 13.1 Å². The SMILES string of the molecule is CCCNC(=O)c1cccc(CNCc2ccc(Br)s2)c1. The van der Waals surface area contributed by atoms with E-state index in [9.17, 15) is 4.79 Å². The Morgan fingerprint density at radius 3 is 2.81 bits per heavy atom. The zero-order valence-electron chi connectivity index (χ0n) is 12.0. The Bertz CT molecular complexity index is 597. The van der Waals surface area contributed by atoms with Crippen molar-refractivity contribution in [1.29, 1.82) is 0 Å². The molecule has 0 unspecified atom stereocenters. The van der Waals surface area contributed by atoms with E-state index in [4.69, 9.17) is 0 Å². The first-order valence-electron chi connectivity index (χ1n) is 7.01. The van der Waals surface area contributed by atoms with E-state index in [0.717, 1.165) is 34.4 Å². The van der Waals surface area contributed by atoms with Gasteiger partial charge in [-0.15, -0.1) is 11.3 Å². The van der Waals surface area contributed by atoms with Crippen LogP contribution in [0.3, 0.4) is 0 Å². The lowest BCUT2D eigenvalue weighted by molar-refractivity contribution is 0.0953. The van der Waals surface area contributed by atoms with Crippen LogP contribution in [-0.4, -0.2) is 12.5 Å². The zero-order valence-corrected chi connectivity index (χ0v) is 14.4. The van der Waals surface area contributed by atoms with Gasteiger partial charge in [-0.3, -0.25) is 4.79 Å². The van der Waals surface area contributed by atoms with Crippen LogP contribution < -0.4 is 10.6 Å². The zero-order chi connectivity index (χ0) is 15.1. The Kier molecular flexibility index (Phi) is 6.42. The molecule has 21 heavy (non-hydrogen) atoms. The van der Waals surface area contributed by atoms with Crippen LogP contribution in [0.4, 0.5) is 0 Å². The van der Waals surface area contributed by atoms with Gasteiger partial charge in [-0.2, -0.15) is 0 Å². The molecule has 1 amide bonds. The van der Waals surface area contributed by atoms with Crippen LogP contribution in [0.1, 0.15) is 34.1 Å². The van der Waals surface area contributed by atoms with Crippen molar-refractivity contribution < 1.29 is 4.79 Å². The van der Waals surface area contributed by atoms with E-state index in [1.807, 2.05) is 31.2 Å². The second kappa shape index (κ2) is 8.32. The average molecular weight is 367 g/mol. The minimum Gasteiger partial charge on any atom is -0.352 e. The van der Waals surface area contributed by atoms with Crippen molar-refractivity contribution in [2.24, 2.45) is 0 Å². The summed E-state index contributed by atoms with van der Waals surface area (Å²) in [5.41, 5.74) is 1.84. The van der Waals surface area contributed by atoms with Crippen LogP contribution in [0.25, 0.3) is 0 Å². The number of carbonyl (C=O) groups excluding carboxylic acids is 1. The Labute approximate surface area is 137 Å². The fraction of sp³-hybridized carbons (Fsp3) is 0.312. The van der Waals surface area contributed by atoms with Crippen molar-refractivity contribution in [1.82, 2.24) is 10.6 Å². The van der Waals surface area contributed by atoms with E-state index in [1.165, 1.54) is 4.88 Å². The van der Waals surface area contributed by atoms with Crippen LogP contribution >= 0.6 is 27.3 Å². The molecule has 1 aromatic carbocycles. The van der Waals surface area contributed by atoms with Gasteiger partial charge in [0.1, 0.15) is 0 Å². The lowest BCUT2D eigenvalue weighted by Gasteiger charge is -2.07. The van der Waals surface area contributed by atoms with Gasteiger partial charge in [0.05, 0.1) is 3.79 Å². The molecular weight excluding hydrogens is 348 g/mol. The van der Waals surface area contributed by atoms with Crippen molar-refractivity contribution in [3.8, 4) is 0 Å². The maximum atomic E-state index is 11.9. The van der Waals surface area contributed by atoms with Gasteiger partial charge in [0.25, 0.3) is 5.91 Å². The molecule has 0 fully saturated rings. The van der Waals surface area contributed by atoms with Crippen molar-refractivity contribution in [2.75, 3.05) is 6.54 Å². The molecular formula is C16H19BrN2OS. The molecule has 0 saturated heterocycles. The molecule has 0 spiro atoms. The molecule has 0 aliphatic carbocycles. The highest BCUT2D eigenvalue weighted by Gasteiger charge is 2.05. The van der Waals surface area contributed by atoms with Gasteiger partial charge in [-0.05, 0) is 52.2 Å². The van der Waals surface area contributed by atoms with E-state index >= 15 is 0 Å². The lowest BCUT2D eigenvalue weighted by Crippen LogP contribution is -2.24. The van der Waals surface area contributed by atoms with Crippen LogP contribution in [0.2, 0.25) is 0 Å². The predicted molar refractivity (Wildman–Crippen MR) is 91.6 cm³/mol. The number of nitrogens with one attached hydrogen (secondary N) is 2. The van der Waals surface area contributed by atoms with Gasteiger partial charge < -0.3 is 10.6 Å². The summed E-state index contributed by atoms with van der Waals surface area (Å²) >= 11 is 5.19. The summed E-state index contributed by atoms with van der Waals surface area (Å²) in [7, 11) is 0. The third-order valence-electron chi connectivity index (χ3n) is 2.98. The highest BCUT2D eigenvalue weighted by molar-refractivity contribution is 9.11. The Hall–Kier alpha value is -1.17. The number of hydrogen-bond donors (Lipinski definition) is 2. The van der Waals surface area contributed by atoms with Gasteiger partial charge in [0.2, 0.25) is 0 Å². The first kappa shape index (κ1) is 16.2. The summed E-state index contributed by atoms with van der Waals surface area (Å²) in [6.45, 7) is 4.35. The van der Waals surface area contributed by atoms with Crippen molar-refractivity contribution in [3.05, 3.63) is 56.2 Å². The summed E-state index contributed by atoms with van der Waals surface area (Å²) in [4.78, 5) is 13.2. The van der Waals surface area contributed by atoms with E-state index in [2.05, 4.69) is 38.7 Å².